The van der Waals surface area contributed by atoms with Crippen LogP contribution in [0.2, 0.25) is 0 Å². The standard InChI is InChI=1S/C24H24N8O3S2/c1-15-27-28-24-31(15)29-22(37-24)17-7-5-16(6-8-17)14-25-23(36)26-21(33)18-9-10-19(20(13-18)32(34)35)30-11-3-2-4-12-30/h5-10,13H,2-4,11-12,14H2,1H3,(H2,25,26,33,36). The molecule has 190 valence electrons. The summed E-state index contributed by atoms with van der Waals surface area (Å²) in [7, 11) is 0. The number of amides is 1. The van der Waals surface area contributed by atoms with Gasteiger partial charge in [0.2, 0.25) is 4.96 Å². The number of thiocarbonyl (C=S) groups is 1. The molecule has 4 aromatic rings. The molecule has 1 fully saturated rings. The summed E-state index contributed by atoms with van der Waals surface area (Å²) in [6, 6.07) is 12.4. The molecular formula is C24H24N8O3S2. The molecule has 2 aromatic heterocycles. The highest BCUT2D eigenvalue weighted by Crippen LogP contribution is 2.31. The number of rotatable bonds is 6. The molecule has 0 spiro atoms. The lowest BCUT2D eigenvalue weighted by Crippen LogP contribution is -2.38. The zero-order valence-electron chi connectivity index (χ0n) is 20.0. The SMILES string of the molecule is Cc1nnc2sc(-c3ccc(CNC(=S)NC(=O)c4ccc(N5CCCCC5)c([N+](=O)[O-])c4)cc3)nn12. The lowest BCUT2D eigenvalue weighted by Gasteiger charge is -2.28. The van der Waals surface area contributed by atoms with Crippen LogP contribution in [0.15, 0.2) is 42.5 Å². The van der Waals surface area contributed by atoms with Crippen LogP contribution in [-0.4, -0.2) is 48.8 Å². The lowest BCUT2D eigenvalue weighted by molar-refractivity contribution is -0.384. The van der Waals surface area contributed by atoms with Gasteiger partial charge in [0.15, 0.2) is 10.9 Å². The first-order valence-corrected chi connectivity index (χ1v) is 13.0. The molecule has 11 nitrogen and oxygen atoms in total. The number of piperidine rings is 1. The number of carbonyl (C=O) groups excluding carboxylic acids is 1. The third-order valence-corrected chi connectivity index (χ3v) is 7.35. The maximum absolute atomic E-state index is 12.7. The number of nitrogens with one attached hydrogen (secondary N) is 2. The molecule has 0 aliphatic carbocycles. The van der Waals surface area contributed by atoms with Crippen LogP contribution in [0, 0.1) is 17.0 Å². The number of nitro benzene ring substituents is 1. The fourth-order valence-electron chi connectivity index (χ4n) is 4.21. The van der Waals surface area contributed by atoms with Gasteiger partial charge in [-0.2, -0.15) is 9.61 Å². The second-order valence-corrected chi connectivity index (χ2v) is 10.1. The molecule has 13 heteroatoms. The van der Waals surface area contributed by atoms with E-state index in [2.05, 4.69) is 25.9 Å². The summed E-state index contributed by atoms with van der Waals surface area (Å²) in [6.45, 7) is 3.80. The summed E-state index contributed by atoms with van der Waals surface area (Å²) in [6.07, 6.45) is 3.12. The third kappa shape index (κ3) is 5.42. The van der Waals surface area contributed by atoms with Gasteiger partial charge in [0.05, 0.1) is 4.92 Å². The summed E-state index contributed by atoms with van der Waals surface area (Å²) < 4.78 is 1.71. The van der Waals surface area contributed by atoms with Gasteiger partial charge in [-0.1, -0.05) is 35.6 Å². The fourth-order valence-corrected chi connectivity index (χ4v) is 5.27. The van der Waals surface area contributed by atoms with E-state index in [4.69, 9.17) is 12.2 Å². The van der Waals surface area contributed by atoms with E-state index in [-0.39, 0.29) is 16.4 Å². The van der Waals surface area contributed by atoms with Crippen LogP contribution in [-0.2, 0) is 6.54 Å². The Hall–Kier alpha value is -3.97. The Morgan fingerprint density at radius 3 is 2.59 bits per heavy atom. The second kappa shape index (κ2) is 10.6. The summed E-state index contributed by atoms with van der Waals surface area (Å²) in [5.74, 6) is 0.237. The summed E-state index contributed by atoms with van der Waals surface area (Å²) in [5, 5.41) is 30.9. The van der Waals surface area contributed by atoms with Gasteiger partial charge < -0.3 is 10.2 Å². The fraction of sp³-hybridized carbons (Fsp3) is 0.292. The molecule has 0 radical (unpaired) electrons. The van der Waals surface area contributed by atoms with Gasteiger partial charge in [-0.15, -0.1) is 10.2 Å². The lowest BCUT2D eigenvalue weighted by atomic mass is 10.1. The van der Waals surface area contributed by atoms with Crippen LogP contribution in [0.25, 0.3) is 15.5 Å². The van der Waals surface area contributed by atoms with Gasteiger partial charge in [0, 0.05) is 36.8 Å². The van der Waals surface area contributed by atoms with Gasteiger partial charge >= 0.3 is 0 Å². The number of fused-ring (bicyclic) bond motifs is 1. The van der Waals surface area contributed by atoms with E-state index in [1.807, 2.05) is 36.1 Å². The molecule has 1 saturated heterocycles. The largest absolute Gasteiger partial charge is 0.366 e. The van der Waals surface area contributed by atoms with Crippen molar-refractivity contribution in [1.29, 1.82) is 0 Å². The molecule has 0 bridgehead atoms. The summed E-state index contributed by atoms with van der Waals surface area (Å²) in [5.41, 5.74) is 2.57. The highest BCUT2D eigenvalue weighted by atomic mass is 32.1. The molecule has 0 atom stereocenters. The maximum atomic E-state index is 12.7. The summed E-state index contributed by atoms with van der Waals surface area (Å²) >= 11 is 6.74. The Kier molecular flexibility index (Phi) is 7.06. The Bertz CT molecular complexity index is 1480. The van der Waals surface area contributed by atoms with Crippen LogP contribution in [0.5, 0.6) is 0 Å². The number of anilines is 1. The quantitative estimate of drug-likeness (QED) is 0.214. The average Bonchev–Trinajstić information content (AvgIpc) is 3.49. The molecule has 5 rings (SSSR count). The van der Waals surface area contributed by atoms with Gasteiger partial charge in [0.1, 0.15) is 10.7 Å². The van der Waals surface area contributed by atoms with Crippen molar-refractivity contribution in [3.05, 3.63) is 69.5 Å². The normalized spacial score (nSPS) is 13.5. The number of carbonyl (C=O) groups is 1. The molecule has 3 heterocycles. The highest BCUT2D eigenvalue weighted by molar-refractivity contribution is 7.80. The number of benzene rings is 2. The predicted octanol–water partition coefficient (Wildman–Crippen LogP) is 3.86. The Morgan fingerprint density at radius 2 is 1.89 bits per heavy atom. The van der Waals surface area contributed by atoms with Crippen LogP contribution >= 0.6 is 23.6 Å². The topological polar surface area (TPSA) is 131 Å². The number of nitrogens with zero attached hydrogens (tertiary/aromatic N) is 6. The van der Waals surface area contributed by atoms with Crippen LogP contribution in [0.4, 0.5) is 11.4 Å². The van der Waals surface area contributed by atoms with E-state index in [1.165, 1.54) is 17.4 Å². The zero-order valence-corrected chi connectivity index (χ0v) is 21.6. The van der Waals surface area contributed by atoms with Crippen LogP contribution in [0.3, 0.4) is 0 Å². The van der Waals surface area contributed by atoms with Crippen LogP contribution in [0.1, 0.15) is 41.0 Å². The molecule has 2 aromatic carbocycles. The van der Waals surface area contributed by atoms with E-state index in [0.29, 0.717) is 12.2 Å². The Balaban J connectivity index is 1.18. The van der Waals surface area contributed by atoms with Crippen molar-refractivity contribution in [2.45, 2.75) is 32.7 Å². The molecule has 37 heavy (non-hydrogen) atoms. The first kappa shape index (κ1) is 24.7. The monoisotopic (exact) mass is 536 g/mol. The van der Waals surface area contributed by atoms with Crippen molar-refractivity contribution >= 4 is 50.9 Å². The van der Waals surface area contributed by atoms with E-state index >= 15 is 0 Å². The first-order valence-electron chi connectivity index (χ1n) is 11.8. The predicted molar refractivity (Wildman–Crippen MR) is 145 cm³/mol. The molecule has 1 aliphatic heterocycles. The minimum Gasteiger partial charge on any atom is -0.366 e. The van der Waals surface area contributed by atoms with Gasteiger partial charge in [0.25, 0.3) is 11.6 Å². The Labute approximate surface area is 221 Å². The average molecular weight is 537 g/mol. The summed E-state index contributed by atoms with van der Waals surface area (Å²) in [4.78, 5) is 26.7. The molecule has 1 amide bonds. The highest BCUT2D eigenvalue weighted by Gasteiger charge is 2.23. The smallest absolute Gasteiger partial charge is 0.293 e. The van der Waals surface area contributed by atoms with Crippen molar-refractivity contribution in [1.82, 2.24) is 30.4 Å². The maximum Gasteiger partial charge on any atom is 0.293 e. The third-order valence-electron chi connectivity index (χ3n) is 6.16. The van der Waals surface area contributed by atoms with Gasteiger partial charge in [-0.05, 0) is 56.1 Å². The zero-order chi connectivity index (χ0) is 25.9. The number of aryl methyl sites for hydroxylation is 1. The Morgan fingerprint density at radius 1 is 1.14 bits per heavy atom. The van der Waals surface area contributed by atoms with Gasteiger partial charge in [-0.3, -0.25) is 20.2 Å². The number of nitro groups is 1. The van der Waals surface area contributed by atoms with Crippen LogP contribution < -0.4 is 15.5 Å². The second-order valence-electron chi connectivity index (χ2n) is 8.69. The van der Waals surface area contributed by atoms with E-state index < -0.39 is 10.8 Å². The molecular weight excluding hydrogens is 512 g/mol. The van der Waals surface area contributed by atoms with Crippen molar-refractivity contribution in [3.8, 4) is 10.6 Å². The van der Waals surface area contributed by atoms with Crippen molar-refractivity contribution in [3.63, 3.8) is 0 Å². The molecule has 0 saturated carbocycles. The van der Waals surface area contributed by atoms with Crippen molar-refractivity contribution < 1.29 is 9.72 Å². The van der Waals surface area contributed by atoms with Crippen molar-refractivity contribution in [2.75, 3.05) is 18.0 Å². The van der Waals surface area contributed by atoms with E-state index in [1.54, 1.807) is 16.6 Å². The molecule has 0 unspecified atom stereocenters. The van der Waals surface area contributed by atoms with Gasteiger partial charge in [-0.25, -0.2) is 0 Å². The minimum atomic E-state index is -0.500. The number of hydrogen-bond donors (Lipinski definition) is 2. The van der Waals surface area contributed by atoms with E-state index in [0.717, 1.165) is 59.3 Å². The number of aromatic nitrogens is 4. The van der Waals surface area contributed by atoms with Crippen molar-refractivity contribution in [2.24, 2.45) is 0 Å². The molecule has 2 N–H and O–H groups in total. The van der Waals surface area contributed by atoms with E-state index in [9.17, 15) is 14.9 Å². The first-order chi connectivity index (χ1) is 17.9. The minimum absolute atomic E-state index is 0.0755. The number of hydrogen-bond acceptors (Lipinski definition) is 9. The molecule has 1 aliphatic rings.